The first kappa shape index (κ1) is 22.6. The quantitative estimate of drug-likeness (QED) is 0.317. The van der Waals surface area contributed by atoms with Crippen LogP contribution in [0.4, 0.5) is 15.9 Å². The number of rotatable bonds is 6. The van der Waals surface area contributed by atoms with Gasteiger partial charge in [0.2, 0.25) is 0 Å². The number of hydrogen-bond donors (Lipinski definition) is 3. The Morgan fingerprint density at radius 2 is 1.91 bits per heavy atom. The van der Waals surface area contributed by atoms with E-state index in [9.17, 15) is 10.2 Å². The van der Waals surface area contributed by atoms with Crippen LogP contribution < -0.4 is 10.1 Å². The number of fused-ring (bicyclic) bond motifs is 2. The fourth-order valence-corrected chi connectivity index (χ4v) is 3.72. The van der Waals surface area contributed by atoms with Gasteiger partial charge in [-0.1, -0.05) is 0 Å². The molecule has 5 rings (SSSR count). The van der Waals surface area contributed by atoms with Gasteiger partial charge in [0.15, 0.2) is 11.6 Å². The normalized spacial score (nSPS) is 12.7. The lowest BCUT2D eigenvalue weighted by Crippen LogP contribution is -2.40. The highest BCUT2D eigenvalue weighted by molar-refractivity contribution is 5.99. The molecule has 178 valence electrons. The number of hydrogen-bond acceptors (Lipinski definition) is 8. The molecular weight excluding hydrogens is 451 g/mol. The lowest BCUT2D eigenvalue weighted by molar-refractivity contribution is -0.197. The van der Waals surface area contributed by atoms with Crippen LogP contribution in [0, 0.1) is 5.82 Å². The molecule has 2 aromatic carbocycles. The molecule has 3 aromatic heterocycles. The van der Waals surface area contributed by atoms with Gasteiger partial charge in [0, 0.05) is 30.4 Å². The van der Waals surface area contributed by atoms with Crippen molar-refractivity contribution in [2.24, 2.45) is 7.05 Å². The molecular formula is C25H23FN6O3. The van der Waals surface area contributed by atoms with Gasteiger partial charge >= 0.3 is 0 Å². The largest absolute Gasteiger partial charge is 0.484 e. The molecule has 0 aliphatic carbocycles. The van der Waals surface area contributed by atoms with Gasteiger partial charge in [-0.2, -0.15) is 5.10 Å². The number of halogens is 1. The third-order valence-electron chi connectivity index (χ3n) is 5.79. The van der Waals surface area contributed by atoms with Crippen molar-refractivity contribution in [2.45, 2.75) is 25.7 Å². The molecule has 0 spiro atoms. The van der Waals surface area contributed by atoms with Crippen molar-refractivity contribution in [2.75, 3.05) is 5.32 Å². The standard InChI is InChI=1S/C25H23FN6O3/c1-14(25(2,33)34)35-21-10-15(16-11-30-32(3)12-16)9-20-22(21)24(29-13-28-20)31-19-7-6-18-17(23(19)26)5-4-8-27-18/h4-14,33-34H,1-3H3,(H,28,29,31)/t14-/m0/s1. The number of aliphatic hydroxyl groups is 2. The van der Waals surface area contributed by atoms with Crippen LogP contribution in [-0.4, -0.2) is 46.8 Å². The molecule has 0 unspecified atom stereocenters. The molecule has 0 bridgehead atoms. The molecule has 3 heterocycles. The van der Waals surface area contributed by atoms with E-state index < -0.39 is 17.7 Å². The smallest absolute Gasteiger partial charge is 0.197 e. The van der Waals surface area contributed by atoms with Crippen LogP contribution in [-0.2, 0) is 7.05 Å². The second-order valence-electron chi connectivity index (χ2n) is 8.47. The summed E-state index contributed by atoms with van der Waals surface area (Å²) in [5.41, 5.74) is 2.84. The van der Waals surface area contributed by atoms with Gasteiger partial charge in [0.05, 0.1) is 28.3 Å². The first-order chi connectivity index (χ1) is 16.7. The van der Waals surface area contributed by atoms with Crippen molar-refractivity contribution in [3.8, 4) is 16.9 Å². The van der Waals surface area contributed by atoms with Crippen LogP contribution in [0.5, 0.6) is 5.75 Å². The van der Waals surface area contributed by atoms with Crippen molar-refractivity contribution in [1.29, 1.82) is 0 Å². The van der Waals surface area contributed by atoms with Crippen molar-refractivity contribution < 1.29 is 19.3 Å². The topological polar surface area (TPSA) is 118 Å². The zero-order valence-corrected chi connectivity index (χ0v) is 19.3. The summed E-state index contributed by atoms with van der Waals surface area (Å²) in [6.07, 6.45) is 5.53. The lowest BCUT2D eigenvalue weighted by Gasteiger charge is -2.26. The Hall–Kier alpha value is -4.15. The van der Waals surface area contributed by atoms with Crippen LogP contribution in [0.1, 0.15) is 13.8 Å². The van der Waals surface area contributed by atoms with Gasteiger partial charge in [0.25, 0.3) is 0 Å². The summed E-state index contributed by atoms with van der Waals surface area (Å²) in [6.45, 7) is 2.77. The molecule has 5 aromatic rings. The molecule has 0 saturated carbocycles. The summed E-state index contributed by atoms with van der Waals surface area (Å²) >= 11 is 0. The van der Waals surface area contributed by atoms with E-state index in [0.717, 1.165) is 11.1 Å². The molecule has 1 atom stereocenters. The van der Waals surface area contributed by atoms with E-state index in [2.05, 4.69) is 25.4 Å². The first-order valence-corrected chi connectivity index (χ1v) is 10.9. The molecule has 10 heteroatoms. The molecule has 0 aliphatic heterocycles. The fourth-order valence-electron chi connectivity index (χ4n) is 3.72. The Morgan fingerprint density at radius 3 is 2.66 bits per heavy atom. The molecule has 0 radical (unpaired) electrons. The van der Waals surface area contributed by atoms with E-state index in [0.29, 0.717) is 33.4 Å². The molecule has 35 heavy (non-hydrogen) atoms. The summed E-state index contributed by atoms with van der Waals surface area (Å²) in [4.78, 5) is 12.9. The highest BCUT2D eigenvalue weighted by atomic mass is 19.1. The molecule has 0 amide bonds. The van der Waals surface area contributed by atoms with Crippen molar-refractivity contribution in [3.63, 3.8) is 0 Å². The molecule has 9 nitrogen and oxygen atoms in total. The van der Waals surface area contributed by atoms with Gasteiger partial charge in [0.1, 0.15) is 24.0 Å². The minimum Gasteiger partial charge on any atom is -0.484 e. The monoisotopic (exact) mass is 474 g/mol. The highest BCUT2D eigenvalue weighted by Gasteiger charge is 2.28. The highest BCUT2D eigenvalue weighted by Crippen LogP contribution is 2.38. The Labute approximate surface area is 199 Å². The van der Waals surface area contributed by atoms with Gasteiger partial charge < -0.3 is 20.3 Å². The van der Waals surface area contributed by atoms with Crippen LogP contribution in [0.25, 0.3) is 32.9 Å². The van der Waals surface area contributed by atoms with E-state index in [1.807, 2.05) is 19.3 Å². The maximum Gasteiger partial charge on any atom is 0.197 e. The van der Waals surface area contributed by atoms with Gasteiger partial charge in [-0.15, -0.1) is 0 Å². The molecule has 0 fully saturated rings. The van der Waals surface area contributed by atoms with Crippen LogP contribution in [0.15, 0.2) is 61.3 Å². The first-order valence-electron chi connectivity index (χ1n) is 10.9. The average Bonchev–Trinajstić information content (AvgIpc) is 3.26. The number of nitrogens with zero attached hydrogens (tertiary/aromatic N) is 5. The minimum absolute atomic E-state index is 0.204. The zero-order chi connectivity index (χ0) is 24.7. The van der Waals surface area contributed by atoms with Gasteiger partial charge in [-0.25, -0.2) is 14.4 Å². The molecule has 3 N–H and O–H groups in total. The molecule has 0 aliphatic rings. The van der Waals surface area contributed by atoms with E-state index >= 15 is 4.39 Å². The summed E-state index contributed by atoms with van der Waals surface area (Å²) in [5.74, 6) is -1.97. The molecule has 0 saturated heterocycles. The van der Waals surface area contributed by atoms with Crippen LogP contribution in [0.2, 0.25) is 0 Å². The van der Waals surface area contributed by atoms with Crippen molar-refractivity contribution in [3.05, 3.63) is 67.1 Å². The number of ether oxygens (including phenoxy) is 1. The second kappa shape index (κ2) is 8.57. The summed E-state index contributed by atoms with van der Waals surface area (Å²) in [7, 11) is 1.81. The Balaban J connectivity index is 1.66. The summed E-state index contributed by atoms with van der Waals surface area (Å²) in [5, 5.41) is 28.2. The number of pyridine rings is 1. The van der Waals surface area contributed by atoms with Gasteiger partial charge in [-0.3, -0.25) is 9.67 Å². The number of aromatic nitrogens is 5. The van der Waals surface area contributed by atoms with E-state index in [1.54, 1.807) is 47.4 Å². The van der Waals surface area contributed by atoms with E-state index in [4.69, 9.17) is 4.74 Å². The predicted octanol–water partition coefficient (Wildman–Crippen LogP) is 3.93. The minimum atomic E-state index is -2.10. The number of aryl methyl sites for hydroxylation is 1. The Kier molecular flexibility index (Phi) is 5.54. The third kappa shape index (κ3) is 4.36. The third-order valence-corrected chi connectivity index (χ3v) is 5.79. The fraction of sp³-hybridized carbons (Fsp3) is 0.200. The maximum atomic E-state index is 15.3. The van der Waals surface area contributed by atoms with E-state index in [1.165, 1.54) is 20.2 Å². The number of anilines is 2. The van der Waals surface area contributed by atoms with Crippen molar-refractivity contribution in [1.82, 2.24) is 24.7 Å². The summed E-state index contributed by atoms with van der Waals surface area (Å²) in [6, 6.07) is 10.2. The Bertz CT molecular complexity index is 1550. The Morgan fingerprint density at radius 1 is 1.09 bits per heavy atom. The summed E-state index contributed by atoms with van der Waals surface area (Å²) < 4.78 is 22.9. The van der Waals surface area contributed by atoms with Crippen molar-refractivity contribution >= 4 is 33.3 Å². The number of nitrogens with one attached hydrogen (secondary N) is 1. The maximum absolute atomic E-state index is 15.3. The van der Waals surface area contributed by atoms with Gasteiger partial charge in [-0.05, 0) is 55.8 Å². The zero-order valence-electron chi connectivity index (χ0n) is 19.3. The second-order valence-corrected chi connectivity index (χ2v) is 8.47. The number of benzene rings is 2. The predicted molar refractivity (Wildman–Crippen MR) is 130 cm³/mol. The lowest BCUT2D eigenvalue weighted by atomic mass is 10.1. The average molecular weight is 474 g/mol. The van der Waals surface area contributed by atoms with E-state index in [-0.39, 0.29) is 5.69 Å². The SMILES string of the molecule is C[C@H](Oc1cc(-c2cnn(C)c2)cc2ncnc(Nc3ccc4ncccc4c3F)c12)C(C)(O)O. The van der Waals surface area contributed by atoms with Crippen LogP contribution >= 0.6 is 0 Å². The van der Waals surface area contributed by atoms with Crippen LogP contribution in [0.3, 0.4) is 0 Å².